The molecule has 5 rings (SSSR count). The van der Waals surface area contributed by atoms with Crippen LogP contribution in [-0.2, 0) is 12.8 Å². The lowest BCUT2D eigenvalue weighted by atomic mass is 9.88. The van der Waals surface area contributed by atoms with Crippen LogP contribution in [0.1, 0.15) is 53.6 Å². The number of nitrogens with zero attached hydrogens (tertiary/aromatic N) is 1. The summed E-state index contributed by atoms with van der Waals surface area (Å²) in [6.07, 6.45) is 9.12. The Balaban J connectivity index is 1.20. The molecule has 1 aliphatic carbocycles. The van der Waals surface area contributed by atoms with Crippen LogP contribution < -0.4 is 10.5 Å². The third kappa shape index (κ3) is 4.67. The number of nitrogens with two attached hydrogens (primary N) is 1. The normalized spacial score (nSPS) is 18.0. The average molecular weight is 468 g/mol. The maximum atomic E-state index is 14.2. The fourth-order valence-electron chi connectivity index (χ4n) is 5.33. The lowest BCUT2D eigenvalue weighted by Gasteiger charge is -2.39. The summed E-state index contributed by atoms with van der Waals surface area (Å²) in [5.41, 5.74) is 8.59. The standard InChI is InChI=1S/C27H31F2N3O2/c28-19-6-9-25-22(14-19)18(15-31-25)3-2-11-32(20-4-1-5-20)12-10-17-13-23-21(27(30)33)7-8-24(29)26(23)34-16-17/h6-9,14-15,17,20,31H,1-5,10-13,16H2,(H2,30,33). The van der Waals surface area contributed by atoms with Crippen molar-refractivity contribution in [2.24, 2.45) is 11.7 Å². The van der Waals surface area contributed by atoms with Gasteiger partial charge in [0.15, 0.2) is 11.6 Å². The molecule has 1 saturated carbocycles. The SMILES string of the molecule is NC(=O)c1ccc(F)c2c1CC(CCN(CCCc1c[nH]c3ccc(F)cc13)C1CCC1)CO2. The summed E-state index contributed by atoms with van der Waals surface area (Å²) < 4.78 is 33.6. The first kappa shape index (κ1) is 22.8. The van der Waals surface area contributed by atoms with E-state index in [4.69, 9.17) is 10.5 Å². The maximum Gasteiger partial charge on any atom is 0.249 e. The van der Waals surface area contributed by atoms with Crippen LogP contribution in [0.3, 0.4) is 0 Å². The molecule has 2 aliphatic rings. The molecule has 180 valence electrons. The minimum Gasteiger partial charge on any atom is -0.490 e. The van der Waals surface area contributed by atoms with Crippen LogP contribution in [0.4, 0.5) is 8.78 Å². The van der Waals surface area contributed by atoms with Crippen molar-refractivity contribution in [3.05, 3.63) is 64.9 Å². The molecule has 3 aromatic rings. The number of fused-ring (bicyclic) bond motifs is 2. The van der Waals surface area contributed by atoms with Gasteiger partial charge < -0.3 is 20.4 Å². The molecule has 0 radical (unpaired) electrons. The van der Waals surface area contributed by atoms with Crippen LogP contribution >= 0.6 is 0 Å². The summed E-state index contributed by atoms with van der Waals surface area (Å²) >= 11 is 0. The van der Waals surface area contributed by atoms with E-state index >= 15 is 0 Å². The fraction of sp³-hybridized carbons (Fsp3) is 0.444. The van der Waals surface area contributed by atoms with Crippen LogP contribution in [-0.4, -0.2) is 41.5 Å². The van der Waals surface area contributed by atoms with Gasteiger partial charge >= 0.3 is 0 Å². The highest BCUT2D eigenvalue weighted by Gasteiger charge is 2.29. The summed E-state index contributed by atoms with van der Waals surface area (Å²) in [7, 11) is 0. The number of carbonyl (C=O) groups excluding carboxylic acids is 1. The number of carbonyl (C=O) groups is 1. The third-order valence-electron chi connectivity index (χ3n) is 7.47. The van der Waals surface area contributed by atoms with E-state index in [1.807, 2.05) is 6.20 Å². The Morgan fingerprint density at radius 1 is 1.18 bits per heavy atom. The van der Waals surface area contributed by atoms with Crippen molar-refractivity contribution in [3.63, 3.8) is 0 Å². The molecule has 2 aromatic carbocycles. The number of nitrogens with one attached hydrogen (secondary N) is 1. The van der Waals surface area contributed by atoms with Gasteiger partial charge in [0.05, 0.1) is 6.61 Å². The van der Waals surface area contributed by atoms with E-state index in [1.165, 1.54) is 37.5 Å². The number of ether oxygens (including phenoxy) is 1. The minimum absolute atomic E-state index is 0.179. The molecule has 7 heteroatoms. The van der Waals surface area contributed by atoms with Crippen LogP contribution in [0.15, 0.2) is 36.5 Å². The summed E-state index contributed by atoms with van der Waals surface area (Å²) in [4.78, 5) is 17.6. The Labute approximate surface area is 198 Å². The lowest BCUT2D eigenvalue weighted by molar-refractivity contribution is 0.0991. The van der Waals surface area contributed by atoms with Crippen molar-refractivity contribution in [1.82, 2.24) is 9.88 Å². The molecule has 34 heavy (non-hydrogen) atoms. The monoisotopic (exact) mass is 467 g/mol. The van der Waals surface area contributed by atoms with Gasteiger partial charge in [0.25, 0.3) is 0 Å². The van der Waals surface area contributed by atoms with Gasteiger partial charge in [0, 0.05) is 34.3 Å². The van der Waals surface area contributed by atoms with Gasteiger partial charge in [-0.1, -0.05) is 6.42 Å². The van der Waals surface area contributed by atoms with Gasteiger partial charge in [-0.2, -0.15) is 0 Å². The summed E-state index contributed by atoms with van der Waals surface area (Å²) in [5, 5.41) is 0.964. The summed E-state index contributed by atoms with van der Waals surface area (Å²) in [5.74, 6) is -0.800. The van der Waals surface area contributed by atoms with Crippen molar-refractivity contribution >= 4 is 16.8 Å². The number of benzene rings is 2. The van der Waals surface area contributed by atoms with Gasteiger partial charge in [-0.25, -0.2) is 8.78 Å². The highest BCUT2D eigenvalue weighted by Crippen LogP contribution is 2.34. The molecule has 1 aromatic heterocycles. The topological polar surface area (TPSA) is 71.4 Å². The molecule has 1 unspecified atom stereocenters. The predicted octanol–water partition coefficient (Wildman–Crippen LogP) is 4.97. The van der Waals surface area contributed by atoms with Gasteiger partial charge in [-0.3, -0.25) is 4.79 Å². The molecule has 1 fully saturated rings. The zero-order valence-electron chi connectivity index (χ0n) is 19.3. The maximum absolute atomic E-state index is 14.2. The van der Waals surface area contributed by atoms with E-state index < -0.39 is 11.7 Å². The van der Waals surface area contributed by atoms with Gasteiger partial charge in [-0.15, -0.1) is 0 Å². The van der Waals surface area contributed by atoms with E-state index in [2.05, 4.69) is 9.88 Å². The number of hydrogen-bond acceptors (Lipinski definition) is 3. The smallest absolute Gasteiger partial charge is 0.249 e. The van der Waals surface area contributed by atoms with Crippen molar-refractivity contribution in [1.29, 1.82) is 0 Å². The first-order chi connectivity index (χ1) is 16.5. The first-order valence-electron chi connectivity index (χ1n) is 12.2. The second-order valence-electron chi connectivity index (χ2n) is 9.66. The fourth-order valence-corrected chi connectivity index (χ4v) is 5.33. The number of halogens is 2. The lowest BCUT2D eigenvalue weighted by Crippen LogP contribution is -2.42. The van der Waals surface area contributed by atoms with Gasteiger partial charge in [-0.05, 0) is 93.4 Å². The van der Waals surface area contributed by atoms with E-state index in [-0.39, 0.29) is 17.5 Å². The van der Waals surface area contributed by atoms with E-state index in [0.29, 0.717) is 30.2 Å². The number of H-pyrrole nitrogens is 1. The first-order valence-corrected chi connectivity index (χ1v) is 12.2. The highest BCUT2D eigenvalue weighted by atomic mass is 19.1. The molecule has 2 heterocycles. The Morgan fingerprint density at radius 3 is 2.79 bits per heavy atom. The van der Waals surface area contributed by atoms with Crippen molar-refractivity contribution in [3.8, 4) is 5.75 Å². The Bertz CT molecular complexity index is 1190. The number of rotatable bonds is 9. The molecule has 0 spiro atoms. The van der Waals surface area contributed by atoms with Crippen molar-refractivity contribution in [2.45, 2.75) is 51.0 Å². The van der Waals surface area contributed by atoms with Crippen LogP contribution in [0.2, 0.25) is 0 Å². The Kier molecular flexibility index (Phi) is 6.55. The number of aryl methyl sites for hydroxylation is 1. The molecular weight excluding hydrogens is 436 g/mol. The van der Waals surface area contributed by atoms with E-state index in [1.54, 1.807) is 12.1 Å². The zero-order valence-corrected chi connectivity index (χ0v) is 19.3. The van der Waals surface area contributed by atoms with E-state index in [0.717, 1.165) is 48.8 Å². The predicted molar refractivity (Wildman–Crippen MR) is 128 cm³/mol. The number of amides is 1. The summed E-state index contributed by atoms with van der Waals surface area (Å²) in [6.45, 7) is 2.38. The molecule has 0 saturated heterocycles. The second kappa shape index (κ2) is 9.74. The van der Waals surface area contributed by atoms with Crippen LogP contribution in [0.5, 0.6) is 5.75 Å². The Hall–Kier alpha value is -2.93. The molecule has 0 bridgehead atoms. The molecule has 1 aliphatic heterocycles. The number of primary amides is 1. The van der Waals surface area contributed by atoms with Crippen LogP contribution in [0.25, 0.3) is 10.9 Å². The minimum atomic E-state index is -0.547. The highest BCUT2D eigenvalue weighted by molar-refractivity contribution is 5.95. The average Bonchev–Trinajstić information content (AvgIpc) is 3.18. The number of aromatic nitrogens is 1. The van der Waals surface area contributed by atoms with Crippen molar-refractivity contribution in [2.75, 3.05) is 19.7 Å². The molecule has 5 nitrogen and oxygen atoms in total. The number of hydrogen-bond donors (Lipinski definition) is 2. The molecule has 1 amide bonds. The summed E-state index contributed by atoms with van der Waals surface area (Å²) in [6, 6.07) is 8.19. The third-order valence-corrected chi connectivity index (χ3v) is 7.47. The molecule has 3 N–H and O–H groups in total. The Morgan fingerprint density at radius 2 is 2.03 bits per heavy atom. The zero-order chi connectivity index (χ0) is 23.7. The van der Waals surface area contributed by atoms with Crippen molar-refractivity contribution < 1.29 is 18.3 Å². The molecular formula is C27H31F2N3O2. The number of aromatic amines is 1. The quantitative estimate of drug-likeness (QED) is 0.467. The van der Waals surface area contributed by atoms with E-state index in [9.17, 15) is 13.6 Å². The largest absolute Gasteiger partial charge is 0.490 e. The van der Waals surface area contributed by atoms with Gasteiger partial charge in [0.2, 0.25) is 5.91 Å². The van der Waals surface area contributed by atoms with Crippen LogP contribution in [0, 0.1) is 17.6 Å². The molecule has 1 atom stereocenters. The second-order valence-corrected chi connectivity index (χ2v) is 9.66. The van der Waals surface area contributed by atoms with Gasteiger partial charge in [0.1, 0.15) is 5.82 Å².